The Bertz CT molecular complexity index is 731. The van der Waals surface area contributed by atoms with Crippen molar-refractivity contribution in [3.8, 4) is 0 Å². The van der Waals surface area contributed by atoms with Crippen LogP contribution in [0.25, 0.3) is 0 Å². The molecule has 3 aliphatic heterocycles. The van der Waals surface area contributed by atoms with Crippen LogP contribution in [0.15, 0.2) is 24.3 Å². The van der Waals surface area contributed by atoms with Gasteiger partial charge in [0.15, 0.2) is 0 Å². The summed E-state index contributed by atoms with van der Waals surface area (Å²) in [6.07, 6.45) is 4.76. The number of rotatable bonds is 6. The van der Waals surface area contributed by atoms with Gasteiger partial charge in [0.25, 0.3) is 0 Å². The number of carbonyl (C=O) groups excluding carboxylic acids is 2. The summed E-state index contributed by atoms with van der Waals surface area (Å²) in [5.41, 5.74) is 2.10. The number of anilines is 2. The molecule has 0 aromatic heterocycles. The molecule has 0 bridgehead atoms. The van der Waals surface area contributed by atoms with E-state index in [1.165, 1.54) is 18.5 Å². The van der Waals surface area contributed by atoms with Crippen LogP contribution in [0.3, 0.4) is 0 Å². The van der Waals surface area contributed by atoms with Crippen molar-refractivity contribution in [3.63, 3.8) is 0 Å². The summed E-state index contributed by atoms with van der Waals surface area (Å²) in [6.45, 7) is 10.6. The molecule has 4 rings (SSSR count). The van der Waals surface area contributed by atoms with Gasteiger partial charge in [-0.05, 0) is 55.9 Å². The molecule has 31 heavy (non-hydrogen) atoms. The summed E-state index contributed by atoms with van der Waals surface area (Å²) in [5.74, 6) is 1.11. The predicted octanol–water partition coefficient (Wildman–Crippen LogP) is 2.10. The van der Waals surface area contributed by atoms with Crippen LogP contribution >= 0.6 is 0 Å². The van der Waals surface area contributed by atoms with Gasteiger partial charge in [0.1, 0.15) is 0 Å². The zero-order valence-electron chi connectivity index (χ0n) is 18.9. The van der Waals surface area contributed by atoms with Gasteiger partial charge >= 0.3 is 0 Å². The molecule has 0 radical (unpaired) electrons. The molecule has 1 aromatic carbocycles. The average Bonchev–Trinajstić information content (AvgIpc) is 3.31. The number of hydrogen-bond donors (Lipinski definition) is 1. The second-order valence-corrected chi connectivity index (χ2v) is 9.40. The van der Waals surface area contributed by atoms with Gasteiger partial charge in [-0.15, -0.1) is 0 Å². The Hall–Kier alpha value is -2.12. The van der Waals surface area contributed by atoms with Crippen LogP contribution in [-0.2, 0) is 9.59 Å². The van der Waals surface area contributed by atoms with E-state index in [0.717, 1.165) is 76.8 Å². The quantitative estimate of drug-likeness (QED) is 0.754. The molecule has 3 saturated heterocycles. The molecule has 7 nitrogen and oxygen atoms in total. The van der Waals surface area contributed by atoms with E-state index in [9.17, 15) is 9.59 Å². The van der Waals surface area contributed by atoms with E-state index < -0.39 is 0 Å². The van der Waals surface area contributed by atoms with Gasteiger partial charge in [-0.3, -0.25) is 19.4 Å². The Morgan fingerprint density at radius 3 is 2.03 bits per heavy atom. The fourth-order valence-corrected chi connectivity index (χ4v) is 4.79. The molecular weight excluding hydrogens is 390 g/mol. The van der Waals surface area contributed by atoms with Crippen LogP contribution in [0.5, 0.6) is 0 Å². The Morgan fingerprint density at radius 1 is 0.839 bits per heavy atom. The monoisotopic (exact) mass is 427 g/mol. The van der Waals surface area contributed by atoms with Crippen LogP contribution in [0.1, 0.15) is 32.6 Å². The Balaban J connectivity index is 1.17. The highest BCUT2D eigenvalue weighted by Crippen LogP contribution is 2.24. The molecule has 2 amide bonds. The van der Waals surface area contributed by atoms with E-state index in [1.54, 1.807) is 0 Å². The van der Waals surface area contributed by atoms with Gasteiger partial charge in [-0.1, -0.05) is 6.92 Å². The summed E-state index contributed by atoms with van der Waals surface area (Å²) >= 11 is 0. The third-order valence-corrected chi connectivity index (χ3v) is 6.95. The lowest BCUT2D eigenvalue weighted by atomic mass is 9.99. The molecule has 1 N–H and O–H groups in total. The Kier molecular flexibility index (Phi) is 7.45. The first-order valence-corrected chi connectivity index (χ1v) is 11.9. The lowest BCUT2D eigenvalue weighted by Gasteiger charge is -2.34. The topological polar surface area (TPSA) is 59.1 Å². The molecule has 0 aliphatic carbocycles. The molecule has 0 spiro atoms. The molecule has 7 heteroatoms. The van der Waals surface area contributed by atoms with E-state index in [0.29, 0.717) is 13.1 Å². The van der Waals surface area contributed by atoms with Crippen molar-refractivity contribution in [2.24, 2.45) is 5.92 Å². The highest BCUT2D eigenvalue weighted by atomic mass is 16.2. The molecule has 3 fully saturated rings. The summed E-state index contributed by atoms with van der Waals surface area (Å²) in [7, 11) is 0. The molecule has 170 valence electrons. The molecule has 3 heterocycles. The minimum atomic E-state index is 0.0288. The van der Waals surface area contributed by atoms with Crippen molar-refractivity contribution in [1.29, 1.82) is 0 Å². The zero-order valence-corrected chi connectivity index (χ0v) is 18.9. The molecule has 1 aromatic rings. The maximum atomic E-state index is 12.5. The number of benzene rings is 1. The maximum Gasteiger partial charge on any atom is 0.238 e. The molecule has 0 unspecified atom stereocenters. The first-order valence-electron chi connectivity index (χ1n) is 11.9. The largest absolute Gasteiger partial charge is 0.372 e. The summed E-state index contributed by atoms with van der Waals surface area (Å²) in [5, 5.41) is 3.03. The lowest BCUT2D eigenvalue weighted by Crippen LogP contribution is -2.51. The molecule has 0 saturated carbocycles. The first kappa shape index (κ1) is 22.1. The van der Waals surface area contributed by atoms with E-state index in [4.69, 9.17) is 0 Å². The number of likely N-dealkylation sites (tertiary alicyclic amines) is 1. The number of amides is 2. The number of carbonyl (C=O) groups is 2. The van der Waals surface area contributed by atoms with Gasteiger partial charge < -0.3 is 15.1 Å². The van der Waals surface area contributed by atoms with Crippen molar-refractivity contribution in [2.45, 2.75) is 32.6 Å². The minimum Gasteiger partial charge on any atom is -0.372 e. The van der Waals surface area contributed by atoms with Crippen molar-refractivity contribution < 1.29 is 9.59 Å². The van der Waals surface area contributed by atoms with E-state index >= 15 is 0 Å². The summed E-state index contributed by atoms with van der Waals surface area (Å²) < 4.78 is 0. The predicted molar refractivity (Wildman–Crippen MR) is 124 cm³/mol. The van der Waals surface area contributed by atoms with Crippen molar-refractivity contribution in [3.05, 3.63) is 24.3 Å². The smallest absolute Gasteiger partial charge is 0.238 e. The highest BCUT2D eigenvalue weighted by Gasteiger charge is 2.24. The molecular formula is C24H37N5O2. The lowest BCUT2D eigenvalue weighted by molar-refractivity contribution is -0.132. The van der Waals surface area contributed by atoms with Gasteiger partial charge in [0.05, 0.1) is 13.1 Å². The van der Waals surface area contributed by atoms with Gasteiger partial charge in [-0.25, -0.2) is 0 Å². The van der Waals surface area contributed by atoms with Crippen LogP contribution in [-0.4, -0.2) is 92.0 Å². The van der Waals surface area contributed by atoms with Crippen LogP contribution < -0.4 is 10.2 Å². The number of hydrogen-bond acceptors (Lipinski definition) is 5. The summed E-state index contributed by atoms with van der Waals surface area (Å²) in [6, 6.07) is 8.24. The highest BCUT2D eigenvalue weighted by molar-refractivity contribution is 5.92. The molecule has 3 aliphatic rings. The standard InChI is InChI=1S/C24H37N5O2/c1-20-8-12-28(13-9-20)22-6-4-21(5-7-22)25-23(30)18-26-14-16-27(17-15-26)19-24(31)29-10-2-3-11-29/h4-7,20H,2-3,8-19H2,1H3,(H,25,30). The third-order valence-electron chi connectivity index (χ3n) is 6.95. The van der Waals surface area contributed by atoms with Crippen molar-refractivity contribution in [2.75, 3.05) is 75.7 Å². The zero-order chi connectivity index (χ0) is 21.6. The average molecular weight is 428 g/mol. The van der Waals surface area contributed by atoms with E-state index in [1.807, 2.05) is 17.0 Å². The number of nitrogens with zero attached hydrogens (tertiary/aromatic N) is 4. The van der Waals surface area contributed by atoms with Crippen LogP contribution in [0, 0.1) is 5.92 Å². The third kappa shape index (κ3) is 6.20. The van der Waals surface area contributed by atoms with Crippen LogP contribution in [0.2, 0.25) is 0 Å². The second kappa shape index (κ2) is 10.5. The summed E-state index contributed by atoms with van der Waals surface area (Å²) in [4.78, 5) is 33.6. The van der Waals surface area contributed by atoms with Gasteiger partial charge in [0, 0.05) is 63.7 Å². The Labute approximate surface area is 186 Å². The van der Waals surface area contributed by atoms with E-state index in [-0.39, 0.29) is 11.8 Å². The number of piperidine rings is 1. The second-order valence-electron chi connectivity index (χ2n) is 9.40. The number of piperazine rings is 1. The Morgan fingerprint density at radius 2 is 1.42 bits per heavy atom. The van der Waals surface area contributed by atoms with Crippen LogP contribution in [0.4, 0.5) is 11.4 Å². The maximum absolute atomic E-state index is 12.5. The van der Waals surface area contributed by atoms with Gasteiger partial charge in [-0.2, -0.15) is 0 Å². The first-order chi connectivity index (χ1) is 15.1. The normalized spacial score (nSPS) is 21.5. The fourth-order valence-electron chi connectivity index (χ4n) is 4.79. The fraction of sp³-hybridized carbons (Fsp3) is 0.667. The van der Waals surface area contributed by atoms with Crippen molar-refractivity contribution in [1.82, 2.24) is 14.7 Å². The van der Waals surface area contributed by atoms with E-state index in [2.05, 4.69) is 39.1 Å². The minimum absolute atomic E-state index is 0.0288. The van der Waals surface area contributed by atoms with Crippen molar-refractivity contribution >= 4 is 23.2 Å². The molecule has 0 atom stereocenters. The SMILES string of the molecule is CC1CCN(c2ccc(NC(=O)CN3CCN(CC(=O)N4CCCC4)CC3)cc2)CC1. The number of nitrogens with one attached hydrogen (secondary N) is 1. The van der Waals surface area contributed by atoms with Gasteiger partial charge in [0.2, 0.25) is 11.8 Å².